The maximum atomic E-state index is 11.0. The zero-order valence-corrected chi connectivity index (χ0v) is 16.8. The first kappa shape index (κ1) is 23.8. The Morgan fingerprint density at radius 2 is 1.65 bits per heavy atom. The molecule has 0 atom stereocenters. The molecule has 0 aromatic heterocycles. The van der Waals surface area contributed by atoms with Gasteiger partial charge in [-0.15, -0.1) is 0 Å². The van der Waals surface area contributed by atoms with Gasteiger partial charge in [-0.3, -0.25) is 4.79 Å². The molecule has 0 N–H and O–H groups in total. The molecular formula is C23H34O3. The van der Waals surface area contributed by atoms with Crippen molar-refractivity contribution in [3.05, 3.63) is 59.2 Å². The van der Waals surface area contributed by atoms with Crippen molar-refractivity contribution in [3.63, 3.8) is 0 Å². The topological polar surface area (TPSA) is 43.4 Å². The third kappa shape index (κ3) is 15.4. The van der Waals surface area contributed by atoms with E-state index in [0.717, 1.165) is 37.5 Å². The molecule has 0 saturated heterocycles. The lowest BCUT2D eigenvalue weighted by atomic mass is 10.1. The van der Waals surface area contributed by atoms with Gasteiger partial charge in [0.25, 0.3) is 0 Å². The Hall–Kier alpha value is -2.16. The normalized spacial score (nSPS) is 10.4. The van der Waals surface area contributed by atoms with Crippen molar-refractivity contribution < 1.29 is 14.3 Å². The summed E-state index contributed by atoms with van der Waals surface area (Å²) in [6, 6.07) is 9.70. The summed E-state index contributed by atoms with van der Waals surface area (Å²) in [7, 11) is 0. The van der Waals surface area contributed by atoms with Gasteiger partial charge in [0.1, 0.15) is 12.9 Å². The largest absolute Gasteiger partial charge is 0.461 e. The summed E-state index contributed by atoms with van der Waals surface area (Å²) in [6.07, 6.45) is 10.5. The van der Waals surface area contributed by atoms with Gasteiger partial charge in [0.2, 0.25) is 0 Å². The highest BCUT2D eigenvalue weighted by Crippen LogP contribution is 2.07. The highest BCUT2D eigenvalue weighted by Gasteiger charge is 2.00. The maximum Gasteiger partial charge on any atom is 0.306 e. The van der Waals surface area contributed by atoms with E-state index < -0.39 is 0 Å². The van der Waals surface area contributed by atoms with Gasteiger partial charge in [-0.25, -0.2) is 0 Å². The van der Waals surface area contributed by atoms with Gasteiger partial charge in [0.15, 0.2) is 0 Å². The van der Waals surface area contributed by atoms with Crippen LogP contribution in [0.1, 0.15) is 71.8 Å². The van der Waals surface area contributed by atoms with E-state index in [9.17, 15) is 9.59 Å². The first-order valence-corrected chi connectivity index (χ1v) is 9.41. The first-order valence-electron chi connectivity index (χ1n) is 9.41. The van der Waals surface area contributed by atoms with Crippen LogP contribution >= 0.6 is 0 Å². The number of aldehydes is 1. The number of carbonyl (C=O) groups is 2. The lowest BCUT2D eigenvalue weighted by molar-refractivity contribution is -0.145. The molecular weight excluding hydrogens is 324 g/mol. The molecule has 3 nitrogen and oxygen atoms in total. The molecule has 0 aliphatic carbocycles. The van der Waals surface area contributed by atoms with Crippen LogP contribution in [0.4, 0.5) is 0 Å². The molecule has 1 aromatic carbocycles. The molecule has 0 unspecified atom stereocenters. The molecule has 3 heteroatoms. The standard InChI is InChI=1S/C12H20O.C11H14O2/c1-11(2)7-6-9-12(3)8-4-5-10-13;1-2-6-11(12)13-9-10-7-4-3-5-8-10/h7-8,10H,4-6,9H2,1-3H3;3-5,7-8H,2,6,9H2,1H3. The number of allylic oxidation sites excluding steroid dienone is 4. The van der Waals surface area contributed by atoms with Crippen LogP contribution < -0.4 is 0 Å². The van der Waals surface area contributed by atoms with Gasteiger partial charge >= 0.3 is 5.97 Å². The summed E-state index contributed by atoms with van der Waals surface area (Å²) >= 11 is 0. The molecule has 0 heterocycles. The minimum atomic E-state index is -0.119. The zero-order valence-electron chi connectivity index (χ0n) is 16.8. The third-order valence-electron chi connectivity index (χ3n) is 3.57. The summed E-state index contributed by atoms with van der Waals surface area (Å²) in [5, 5.41) is 0. The van der Waals surface area contributed by atoms with Crippen molar-refractivity contribution in [2.45, 2.75) is 72.8 Å². The van der Waals surface area contributed by atoms with Crippen LogP contribution in [0.2, 0.25) is 0 Å². The molecule has 0 bridgehead atoms. The number of benzene rings is 1. The van der Waals surface area contributed by atoms with E-state index in [4.69, 9.17) is 4.74 Å². The molecule has 0 spiro atoms. The summed E-state index contributed by atoms with van der Waals surface area (Å²) in [5.41, 5.74) is 3.80. The van der Waals surface area contributed by atoms with Crippen molar-refractivity contribution in [2.75, 3.05) is 0 Å². The predicted molar refractivity (Wildman–Crippen MR) is 109 cm³/mol. The van der Waals surface area contributed by atoms with Crippen LogP contribution in [-0.4, -0.2) is 12.3 Å². The zero-order chi connectivity index (χ0) is 19.6. The molecule has 0 aliphatic rings. The van der Waals surface area contributed by atoms with Gasteiger partial charge < -0.3 is 9.53 Å². The number of rotatable bonds is 10. The molecule has 0 saturated carbocycles. The highest BCUT2D eigenvalue weighted by atomic mass is 16.5. The van der Waals surface area contributed by atoms with Gasteiger partial charge in [-0.05, 0) is 52.0 Å². The van der Waals surface area contributed by atoms with Gasteiger partial charge in [0.05, 0.1) is 0 Å². The second-order valence-electron chi connectivity index (χ2n) is 6.51. The van der Waals surface area contributed by atoms with E-state index in [0.29, 0.717) is 19.4 Å². The number of hydrogen-bond donors (Lipinski definition) is 0. The Morgan fingerprint density at radius 1 is 0.962 bits per heavy atom. The first-order chi connectivity index (χ1) is 12.5. The number of hydrogen-bond acceptors (Lipinski definition) is 3. The van der Waals surface area contributed by atoms with Crippen molar-refractivity contribution in [1.29, 1.82) is 0 Å². The number of ether oxygens (including phenoxy) is 1. The van der Waals surface area contributed by atoms with Gasteiger partial charge in [-0.1, -0.05) is 60.6 Å². The van der Waals surface area contributed by atoms with E-state index in [-0.39, 0.29) is 5.97 Å². The SMILES string of the molecule is CC(C)=CCCC(C)=CCCC=O.CCCC(=O)OCc1ccccc1. The van der Waals surface area contributed by atoms with Crippen molar-refractivity contribution in [1.82, 2.24) is 0 Å². The summed E-state index contributed by atoms with van der Waals surface area (Å²) in [6.45, 7) is 8.71. The molecule has 144 valence electrons. The van der Waals surface area contributed by atoms with Crippen LogP contribution in [-0.2, 0) is 20.9 Å². The van der Waals surface area contributed by atoms with Crippen LogP contribution in [0, 0.1) is 0 Å². The Bertz CT molecular complexity index is 552. The maximum absolute atomic E-state index is 11.0. The smallest absolute Gasteiger partial charge is 0.306 e. The van der Waals surface area contributed by atoms with Crippen LogP contribution in [0.25, 0.3) is 0 Å². The highest BCUT2D eigenvalue weighted by molar-refractivity contribution is 5.69. The van der Waals surface area contributed by atoms with Crippen molar-refractivity contribution >= 4 is 12.3 Å². The fourth-order valence-electron chi connectivity index (χ4n) is 2.10. The number of carbonyl (C=O) groups excluding carboxylic acids is 2. The van der Waals surface area contributed by atoms with E-state index >= 15 is 0 Å². The summed E-state index contributed by atoms with van der Waals surface area (Å²) < 4.78 is 5.03. The van der Waals surface area contributed by atoms with Crippen molar-refractivity contribution in [2.24, 2.45) is 0 Å². The minimum Gasteiger partial charge on any atom is -0.461 e. The van der Waals surface area contributed by atoms with Crippen LogP contribution in [0.3, 0.4) is 0 Å². The van der Waals surface area contributed by atoms with Gasteiger partial charge in [0, 0.05) is 12.8 Å². The Labute approximate surface area is 159 Å². The van der Waals surface area contributed by atoms with E-state index in [1.165, 1.54) is 11.1 Å². The molecule has 0 fully saturated rings. The average molecular weight is 359 g/mol. The predicted octanol–water partition coefficient (Wildman–Crippen LogP) is 6.19. The van der Waals surface area contributed by atoms with Gasteiger partial charge in [-0.2, -0.15) is 0 Å². The van der Waals surface area contributed by atoms with Crippen LogP contribution in [0.15, 0.2) is 53.6 Å². The quantitative estimate of drug-likeness (QED) is 0.217. The van der Waals surface area contributed by atoms with Crippen LogP contribution in [0.5, 0.6) is 0 Å². The summed E-state index contributed by atoms with van der Waals surface area (Å²) in [4.78, 5) is 21.0. The molecule has 0 amide bonds. The lowest BCUT2D eigenvalue weighted by Gasteiger charge is -2.02. The summed E-state index contributed by atoms with van der Waals surface area (Å²) in [5.74, 6) is -0.119. The molecule has 0 radical (unpaired) electrons. The van der Waals surface area contributed by atoms with Crippen molar-refractivity contribution in [3.8, 4) is 0 Å². The lowest BCUT2D eigenvalue weighted by Crippen LogP contribution is -2.03. The second-order valence-corrected chi connectivity index (χ2v) is 6.51. The number of esters is 1. The monoisotopic (exact) mass is 358 g/mol. The molecule has 26 heavy (non-hydrogen) atoms. The fourth-order valence-corrected chi connectivity index (χ4v) is 2.10. The molecule has 0 aliphatic heterocycles. The minimum absolute atomic E-state index is 0.119. The Kier molecular flexibility index (Phi) is 15.0. The van der Waals surface area contributed by atoms with E-state index in [2.05, 4.69) is 32.9 Å². The van der Waals surface area contributed by atoms with E-state index in [1.54, 1.807) is 0 Å². The average Bonchev–Trinajstić information content (AvgIpc) is 2.62. The Balaban J connectivity index is 0.000000481. The van der Waals surface area contributed by atoms with E-state index in [1.807, 2.05) is 37.3 Å². The molecule has 1 aromatic rings. The third-order valence-corrected chi connectivity index (χ3v) is 3.57. The number of unbranched alkanes of at least 4 members (excludes halogenated alkanes) is 1. The second kappa shape index (κ2) is 16.3. The molecule has 1 rings (SSSR count). The fraction of sp³-hybridized carbons (Fsp3) is 0.478. The Morgan fingerprint density at radius 3 is 2.23 bits per heavy atom.